The molecule has 0 saturated heterocycles. The van der Waals surface area contributed by atoms with Crippen LogP contribution in [0.25, 0.3) is 0 Å². The minimum absolute atomic E-state index is 0.505. The summed E-state index contributed by atoms with van der Waals surface area (Å²) in [5.41, 5.74) is 1.99. The van der Waals surface area contributed by atoms with Crippen molar-refractivity contribution in [2.75, 3.05) is 17.3 Å². The molecule has 0 spiro atoms. The standard InChI is InChI=1S/C12H17NO2S/c1-9-4-3-5-10(8-9)13-11(12(14)15)6-7-16-2/h3-5,8,11,13H,6-7H2,1-2H3,(H,14,15). The maximum absolute atomic E-state index is 11.0. The maximum Gasteiger partial charge on any atom is 0.326 e. The van der Waals surface area contributed by atoms with Crippen molar-refractivity contribution in [1.82, 2.24) is 0 Å². The average Bonchev–Trinajstić information content (AvgIpc) is 2.24. The average molecular weight is 239 g/mol. The van der Waals surface area contributed by atoms with E-state index in [0.29, 0.717) is 6.42 Å². The molecule has 0 aliphatic carbocycles. The highest BCUT2D eigenvalue weighted by Gasteiger charge is 2.16. The van der Waals surface area contributed by atoms with Crippen molar-refractivity contribution in [2.45, 2.75) is 19.4 Å². The van der Waals surface area contributed by atoms with Crippen LogP contribution in [-0.4, -0.2) is 29.1 Å². The predicted molar refractivity (Wildman–Crippen MR) is 69.2 cm³/mol. The molecule has 16 heavy (non-hydrogen) atoms. The number of nitrogens with one attached hydrogen (secondary N) is 1. The normalized spacial score (nSPS) is 12.1. The van der Waals surface area contributed by atoms with Gasteiger partial charge in [-0.2, -0.15) is 11.8 Å². The summed E-state index contributed by atoms with van der Waals surface area (Å²) in [4.78, 5) is 11.0. The second-order valence-electron chi connectivity index (χ2n) is 3.69. The number of hydrogen-bond acceptors (Lipinski definition) is 3. The van der Waals surface area contributed by atoms with Gasteiger partial charge in [0.15, 0.2) is 0 Å². The number of rotatable bonds is 6. The zero-order valence-corrected chi connectivity index (χ0v) is 10.4. The second kappa shape index (κ2) is 6.43. The molecule has 0 fully saturated rings. The Balaban J connectivity index is 2.64. The van der Waals surface area contributed by atoms with Gasteiger partial charge < -0.3 is 10.4 Å². The largest absolute Gasteiger partial charge is 0.480 e. The number of carbonyl (C=O) groups is 1. The summed E-state index contributed by atoms with van der Waals surface area (Å²) in [6, 6.07) is 7.25. The molecular weight excluding hydrogens is 222 g/mol. The van der Waals surface area contributed by atoms with Crippen molar-refractivity contribution in [3.8, 4) is 0 Å². The summed E-state index contributed by atoms with van der Waals surface area (Å²) >= 11 is 1.66. The molecule has 0 heterocycles. The van der Waals surface area contributed by atoms with Gasteiger partial charge in [0.1, 0.15) is 6.04 Å². The maximum atomic E-state index is 11.0. The third-order valence-electron chi connectivity index (χ3n) is 2.27. The molecule has 3 nitrogen and oxygen atoms in total. The first kappa shape index (κ1) is 12.9. The van der Waals surface area contributed by atoms with Gasteiger partial charge in [-0.15, -0.1) is 0 Å². The molecule has 2 N–H and O–H groups in total. The topological polar surface area (TPSA) is 49.3 Å². The van der Waals surface area contributed by atoms with E-state index < -0.39 is 12.0 Å². The third-order valence-corrected chi connectivity index (χ3v) is 2.91. The van der Waals surface area contributed by atoms with Gasteiger partial charge in [-0.1, -0.05) is 12.1 Å². The highest BCUT2D eigenvalue weighted by molar-refractivity contribution is 7.98. The predicted octanol–water partition coefficient (Wildman–Crippen LogP) is 2.61. The number of carboxylic acids is 1. The Morgan fingerprint density at radius 2 is 2.31 bits per heavy atom. The Labute approximate surface area is 100 Å². The fourth-order valence-corrected chi connectivity index (χ4v) is 1.90. The van der Waals surface area contributed by atoms with Crippen LogP contribution in [0.2, 0.25) is 0 Å². The SMILES string of the molecule is CSCCC(Nc1cccc(C)c1)C(=O)O. The van der Waals surface area contributed by atoms with E-state index in [1.54, 1.807) is 11.8 Å². The molecule has 0 aliphatic heterocycles. The van der Waals surface area contributed by atoms with Gasteiger partial charge in [-0.3, -0.25) is 0 Å². The molecule has 0 amide bonds. The molecule has 1 atom stereocenters. The molecule has 4 heteroatoms. The molecule has 88 valence electrons. The number of thioether (sulfide) groups is 1. The highest BCUT2D eigenvalue weighted by atomic mass is 32.2. The first-order chi connectivity index (χ1) is 7.63. The summed E-state index contributed by atoms with van der Waals surface area (Å²) in [6.45, 7) is 1.99. The van der Waals surface area contributed by atoms with E-state index in [4.69, 9.17) is 5.11 Å². The van der Waals surface area contributed by atoms with Gasteiger partial charge in [0.25, 0.3) is 0 Å². The van der Waals surface area contributed by atoms with Crippen LogP contribution < -0.4 is 5.32 Å². The molecule has 0 aromatic heterocycles. The molecular formula is C12H17NO2S. The highest BCUT2D eigenvalue weighted by Crippen LogP contribution is 2.13. The molecule has 1 unspecified atom stereocenters. The number of aryl methyl sites for hydroxylation is 1. The van der Waals surface area contributed by atoms with E-state index in [9.17, 15) is 4.79 Å². The van der Waals surface area contributed by atoms with E-state index in [1.807, 2.05) is 37.4 Å². The van der Waals surface area contributed by atoms with Crippen LogP contribution in [-0.2, 0) is 4.79 Å². The van der Waals surface area contributed by atoms with Crippen LogP contribution in [0.5, 0.6) is 0 Å². The van der Waals surface area contributed by atoms with E-state index in [0.717, 1.165) is 17.0 Å². The lowest BCUT2D eigenvalue weighted by atomic mass is 10.2. The number of anilines is 1. The van der Waals surface area contributed by atoms with Gasteiger partial charge in [-0.05, 0) is 43.0 Å². The van der Waals surface area contributed by atoms with Crippen molar-refractivity contribution < 1.29 is 9.90 Å². The van der Waals surface area contributed by atoms with Gasteiger partial charge in [0, 0.05) is 5.69 Å². The molecule has 0 radical (unpaired) electrons. The molecule has 0 saturated carbocycles. The lowest BCUT2D eigenvalue weighted by Gasteiger charge is -2.15. The summed E-state index contributed by atoms with van der Waals surface area (Å²) in [6.07, 6.45) is 2.61. The molecule has 0 bridgehead atoms. The molecule has 1 aromatic rings. The van der Waals surface area contributed by atoms with E-state index in [1.165, 1.54) is 0 Å². The summed E-state index contributed by atoms with van der Waals surface area (Å²) in [5.74, 6) is 0.0473. The number of benzene rings is 1. The van der Waals surface area contributed by atoms with Crippen LogP contribution in [0.4, 0.5) is 5.69 Å². The van der Waals surface area contributed by atoms with Crippen LogP contribution in [0.15, 0.2) is 24.3 Å². The van der Waals surface area contributed by atoms with Gasteiger partial charge in [-0.25, -0.2) is 4.79 Å². The lowest BCUT2D eigenvalue weighted by Crippen LogP contribution is -2.29. The zero-order chi connectivity index (χ0) is 12.0. The van der Waals surface area contributed by atoms with E-state index >= 15 is 0 Å². The first-order valence-corrected chi connectivity index (χ1v) is 6.58. The van der Waals surface area contributed by atoms with Crippen LogP contribution in [0, 0.1) is 6.92 Å². The van der Waals surface area contributed by atoms with Crippen LogP contribution in [0.3, 0.4) is 0 Å². The summed E-state index contributed by atoms with van der Waals surface area (Å²) in [7, 11) is 0. The van der Waals surface area contributed by atoms with Crippen molar-refractivity contribution in [1.29, 1.82) is 0 Å². The lowest BCUT2D eigenvalue weighted by molar-refractivity contribution is -0.137. The Hall–Kier alpha value is -1.16. The summed E-state index contributed by atoms with van der Waals surface area (Å²) < 4.78 is 0. The monoisotopic (exact) mass is 239 g/mol. The van der Waals surface area contributed by atoms with Crippen molar-refractivity contribution in [3.05, 3.63) is 29.8 Å². The minimum atomic E-state index is -0.796. The van der Waals surface area contributed by atoms with Gasteiger partial charge in [0.2, 0.25) is 0 Å². The fraction of sp³-hybridized carbons (Fsp3) is 0.417. The number of hydrogen-bond donors (Lipinski definition) is 2. The first-order valence-electron chi connectivity index (χ1n) is 5.18. The van der Waals surface area contributed by atoms with Gasteiger partial charge >= 0.3 is 5.97 Å². The molecule has 1 aromatic carbocycles. The Bertz CT molecular complexity index is 355. The van der Waals surface area contributed by atoms with Crippen LogP contribution >= 0.6 is 11.8 Å². The molecule has 1 rings (SSSR count). The number of carboxylic acid groups (broad SMARTS) is 1. The Kier molecular flexibility index (Phi) is 5.19. The Morgan fingerprint density at radius 3 is 2.88 bits per heavy atom. The zero-order valence-electron chi connectivity index (χ0n) is 9.56. The summed E-state index contributed by atoms with van der Waals surface area (Å²) in [5, 5.41) is 12.1. The van der Waals surface area contributed by atoms with Crippen molar-refractivity contribution >= 4 is 23.4 Å². The van der Waals surface area contributed by atoms with Gasteiger partial charge in [0.05, 0.1) is 0 Å². The number of aliphatic carboxylic acids is 1. The quantitative estimate of drug-likeness (QED) is 0.801. The fourth-order valence-electron chi connectivity index (χ4n) is 1.43. The smallest absolute Gasteiger partial charge is 0.326 e. The molecule has 0 aliphatic rings. The van der Waals surface area contributed by atoms with Crippen molar-refractivity contribution in [2.24, 2.45) is 0 Å². The van der Waals surface area contributed by atoms with E-state index in [2.05, 4.69) is 5.32 Å². The van der Waals surface area contributed by atoms with E-state index in [-0.39, 0.29) is 0 Å². The Morgan fingerprint density at radius 1 is 1.56 bits per heavy atom. The third kappa shape index (κ3) is 4.14. The van der Waals surface area contributed by atoms with Crippen molar-refractivity contribution in [3.63, 3.8) is 0 Å². The second-order valence-corrected chi connectivity index (χ2v) is 4.67. The van der Waals surface area contributed by atoms with Crippen LogP contribution in [0.1, 0.15) is 12.0 Å². The minimum Gasteiger partial charge on any atom is -0.480 e.